The molecule has 0 saturated heterocycles. The molecule has 0 bridgehead atoms. The molecule has 1 N–H and O–H groups in total. The minimum Gasteiger partial charge on any atom is -0.273 e. The van der Waals surface area contributed by atoms with Crippen molar-refractivity contribution in [3.8, 4) is 0 Å². The number of benzene rings is 3. The van der Waals surface area contributed by atoms with Crippen molar-refractivity contribution in [1.82, 2.24) is 5.43 Å². The van der Waals surface area contributed by atoms with Crippen LogP contribution in [-0.2, 0) is 11.2 Å². The predicted molar refractivity (Wildman–Crippen MR) is 99.5 cm³/mol. The van der Waals surface area contributed by atoms with Gasteiger partial charge in [0.2, 0.25) is 5.91 Å². The molecule has 3 aromatic carbocycles. The zero-order valence-corrected chi connectivity index (χ0v) is 14.0. The lowest BCUT2D eigenvalue weighted by Crippen LogP contribution is -2.21. The van der Waals surface area contributed by atoms with E-state index < -0.39 is 0 Å². The first-order valence-corrected chi connectivity index (χ1v) is 8.06. The quantitative estimate of drug-likeness (QED) is 0.550. The molecule has 3 aromatic rings. The Morgan fingerprint density at radius 1 is 1.00 bits per heavy atom. The van der Waals surface area contributed by atoms with E-state index in [0.717, 1.165) is 22.2 Å². The van der Waals surface area contributed by atoms with E-state index in [0.29, 0.717) is 5.02 Å². The van der Waals surface area contributed by atoms with Gasteiger partial charge in [0.15, 0.2) is 0 Å². The molecule has 24 heavy (non-hydrogen) atoms. The minimum absolute atomic E-state index is 0.155. The number of amides is 1. The molecule has 0 spiro atoms. The molecule has 4 heteroatoms. The van der Waals surface area contributed by atoms with Gasteiger partial charge in [-0.2, -0.15) is 5.10 Å². The maximum Gasteiger partial charge on any atom is 0.244 e. The second kappa shape index (κ2) is 7.28. The topological polar surface area (TPSA) is 41.5 Å². The van der Waals surface area contributed by atoms with Crippen molar-refractivity contribution in [1.29, 1.82) is 0 Å². The van der Waals surface area contributed by atoms with Crippen LogP contribution in [0.5, 0.6) is 0 Å². The van der Waals surface area contributed by atoms with Gasteiger partial charge in [0.05, 0.1) is 12.1 Å². The van der Waals surface area contributed by atoms with Gasteiger partial charge in [-0.05, 0) is 47.0 Å². The zero-order chi connectivity index (χ0) is 16.9. The number of hydrogen-bond acceptors (Lipinski definition) is 2. The highest BCUT2D eigenvalue weighted by molar-refractivity contribution is 6.30. The highest BCUT2D eigenvalue weighted by atomic mass is 35.5. The number of nitrogens with one attached hydrogen (secondary N) is 1. The molecule has 0 aliphatic heterocycles. The monoisotopic (exact) mass is 336 g/mol. The molecule has 0 atom stereocenters. The van der Waals surface area contributed by atoms with Gasteiger partial charge in [0, 0.05) is 5.02 Å². The largest absolute Gasteiger partial charge is 0.273 e. The van der Waals surface area contributed by atoms with Crippen molar-refractivity contribution in [2.45, 2.75) is 13.3 Å². The number of carbonyl (C=O) groups is 1. The fourth-order valence-corrected chi connectivity index (χ4v) is 2.58. The van der Waals surface area contributed by atoms with E-state index in [1.807, 2.05) is 37.3 Å². The van der Waals surface area contributed by atoms with Crippen LogP contribution in [0.15, 0.2) is 71.8 Å². The fraction of sp³-hybridized carbons (Fsp3) is 0.100. The first kappa shape index (κ1) is 16.2. The maximum absolute atomic E-state index is 12.0. The van der Waals surface area contributed by atoms with E-state index in [9.17, 15) is 4.79 Å². The third kappa shape index (κ3) is 4.00. The molecule has 3 rings (SSSR count). The molecule has 0 aliphatic carbocycles. The van der Waals surface area contributed by atoms with Gasteiger partial charge in [-0.15, -0.1) is 0 Å². The molecule has 120 valence electrons. The van der Waals surface area contributed by atoms with E-state index in [1.54, 1.807) is 12.1 Å². The first-order chi connectivity index (χ1) is 11.6. The number of halogens is 1. The van der Waals surface area contributed by atoms with Crippen LogP contribution in [0, 0.1) is 0 Å². The lowest BCUT2D eigenvalue weighted by Gasteiger charge is -2.05. The Morgan fingerprint density at radius 3 is 2.46 bits per heavy atom. The van der Waals surface area contributed by atoms with Crippen LogP contribution in [-0.4, -0.2) is 11.6 Å². The molecular formula is C20H17ClN2O. The second-order valence-electron chi connectivity index (χ2n) is 5.60. The van der Waals surface area contributed by atoms with Crippen LogP contribution >= 0.6 is 11.6 Å². The van der Waals surface area contributed by atoms with Crippen molar-refractivity contribution in [2.75, 3.05) is 0 Å². The summed E-state index contributed by atoms with van der Waals surface area (Å²) in [5.41, 5.74) is 5.26. The molecule has 1 amide bonds. The van der Waals surface area contributed by atoms with Crippen molar-refractivity contribution >= 4 is 34.0 Å². The summed E-state index contributed by atoms with van der Waals surface area (Å²) in [6.45, 7) is 1.88. The van der Waals surface area contributed by atoms with Crippen LogP contribution < -0.4 is 5.43 Å². The van der Waals surface area contributed by atoms with Gasteiger partial charge in [0.1, 0.15) is 0 Å². The molecule has 0 heterocycles. The van der Waals surface area contributed by atoms with Gasteiger partial charge < -0.3 is 0 Å². The Kier molecular flexibility index (Phi) is 4.92. The summed E-state index contributed by atoms with van der Waals surface area (Å²) in [7, 11) is 0. The third-order valence-electron chi connectivity index (χ3n) is 3.79. The maximum atomic E-state index is 12.0. The van der Waals surface area contributed by atoms with E-state index in [1.165, 1.54) is 5.39 Å². The number of hydrazone groups is 1. The summed E-state index contributed by atoms with van der Waals surface area (Å²) in [6.07, 6.45) is 0.270. The van der Waals surface area contributed by atoms with E-state index in [2.05, 4.69) is 34.8 Å². The van der Waals surface area contributed by atoms with Gasteiger partial charge in [-0.1, -0.05) is 60.1 Å². The fourth-order valence-electron chi connectivity index (χ4n) is 2.45. The SMILES string of the molecule is C/C(=N\NC(=O)Cc1ccc(Cl)cc1)c1ccc2ccccc2c1. The summed E-state index contributed by atoms with van der Waals surface area (Å²) < 4.78 is 0. The van der Waals surface area contributed by atoms with Crippen molar-refractivity contribution < 1.29 is 4.79 Å². The molecule has 0 unspecified atom stereocenters. The van der Waals surface area contributed by atoms with Crippen molar-refractivity contribution in [3.05, 3.63) is 82.9 Å². The highest BCUT2D eigenvalue weighted by Crippen LogP contribution is 2.16. The Hall–Kier alpha value is -2.65. The van der Waals surface area contributed by atoms with Gasteiger partial charge in [-0.25, -0.2) is 5.43 Å². The van der Waals surface area contributed by atoms with E-state index >= 15 is 0 Å². The van der Waals surface area contributed by atoms with Crippen LogP contribution in [0.1, 0.15) is 18.1 Å². The summed E-state index contributed by atoms with van der Waals surface area (Å²) in [5.74, 6) is -0.155. The first-order valence-electron chi connectivity index (χ1n) is 7.68. The average molecular weight is 337 g/mol. The number of carbonyl (C=O) groups excluding carboxylic acids is 1. The van der Waals surface area contributed by atoms with Crippen LogP contribution in [0.2, 0.25) is 5.02 Å². The Labute approximate surface area is 146 Å². The number of nitrogens with zero attached hydrogens (tertiary/aromatic N) is 1. The van der Waals surface area contributed by atoms with Crippen LogP contribution in [0.3, 0.4) is 0 Å². The number of rotatable bonds is 4. The summed E-state index contributed by atoms with van der Waals surface area (Å²) in [4.78, 5) is 12.0. The third-order valence-corrected chi connectivity index (χ3v) is 4.05. The molecule has 0 aromatic heterocycles. The predicted octanol–water partition coefficient (Wildman–Crippen LogP) is 4.58. The van der Waals surface area contributed by atoms with Crippen molar-refractivity contribution in [2.24, 2.45) is 5.10 Å². The lowest BCUT2D eigenvalue weighted by atomic mass is 10.0. The van der Waals surface area contributed by atoms with Crippen LogP contribution in [0.4, 0.5) is 0 Å². The standard InChI is InChI=1S/C20H17ClN2O/c1-14(17-9-8-16-4-2-3-5-18(16)13-17)22-23-20(24)12-15-6-10-19(21)11-7-15/h2-11,13H,12H2,1H3,(H,23,24)/b22-14+. The summed E-state index contributed by atoms with van der Waals surface area (Å²) in [6, 6.07) is 21.5. The Bertz CT molecular complexity index is 901. The Balaban J connectivity index is 1.68. The van der Waals surface area contributed by atoms with Gasteiger partial charge in [0.25, 0.3) is 0 Å². The van der Waals surface area contributed by atoms with E-state index in [-0.39, 0.29) is 12.3 Å². The smallest absolute Gasteiger partial charge is 0.244 e. The minimum atomic E-state index is -0.155. The summed E-state index contributed by atoms with van der Waals surface area (Å²) >= 11 is 5.84. The molecular weight excluding hydrogens is 320 g/mol. The molecule has 0 fully saturated rings. The number of fused-ring (bicyclic) bond motifs is 1. The summed E-state index contributed by atoms with van der Waals surface area (Å²) in [5, 5.41) is 7.19. The van der Waals surface area contributed by atoms with Gasteiger partial charge in [-0.3, -0.25) is 4.79 Å². The van der Waals surface area contributed by atoms with Gasteiger partial charge >= 0.3 is 0 Å². The highest BCUT2D eigenvalue weighted by Gasteiger charge is 2.04. The molecule has 3 nitrogen and oxygen atoms in total. The van der Waals surface area contributed by atoms with Crippen LogP contribution in [0.25, 0.3) is 10.8 Å². The molecule has 0 saturated carbocycles. The lowest BCUT2D eigenvalue weighted by molar-refractivity contribution is -0.120. The average Bonchev–Trinajstić information content (AvgIpc) is 2.61. The Morgan fingerprint density at radius 2 is 1.71 bits per heavy atom. The zero-order valence-electron chi connectivity index (χ0n) is 13.3. The second-order valence-corrected chi connectivity index (χ2v) is 6.03. The molecule has 0 radical (unpaired) electrons. The normalized spacial score (nSPS) is 11.5. The molecule has 0 aliphatic rings. The number of hydrogen-bond donors (Lipinski definition) is 1. The van der Waals surface area contributed by atoms with E-state index in [4.69, 9.17) is 11.6 Å². The van der Waals surface area contributed by atoms with Crippen molar-refractivity contribution in [3.63, 3.8) is 0 Å².